The summed E-state index contributed by atoms with van der Waals surface area (Å²) in [6, 6.07) is 7.32. The average molecular weight is 295 g/mol. The molecule has 0 amide bonds. The van der Waals surface area contributed by atoms with Crippen LogP contribution < -0.4 is 4.18 Å². The molecule has 1 aromatic rings. The van der Waals surface area contributed by atoms with Crippen LogP contribution in [-0.2, 0) is 4.74 Å². The minimum atomic E-state index is -0.508. The van der Waals surface area contributed by atoms with Crippen molar-refractivity contribution in [2.45, 2.75) is 19.4 Å². The molecule has 110 valence electrons. The molecule has 0 radical (unpaired) electrons. The van der Waals surface area contributed by atoms with Crippen molar-refractivity contribution in [2.75, 3.05) is 32.6 Å². The van der Waals surface area contributed by atoms with Crippen molar-refractivity contribution in [1.82, 2.24) is 4.90 Å². The molecule has 1 aliphatic rings. The molecule has 0 aliphatic carbocycles. The van der Waals surface area contributed by atoms with Gasteiger partial charge in [-0.05, 0) is 38.1 Å². The van der Waals surface area contributed by atoms with E-state index in [0.717, 1.165) is 24.4 Å². The number of hydrogen-bond acceptors (Lipinski definition) is 5. The molecular weight excluding hydrogens is 274 g/mol. The molecule has 0 saturated carbocycles. The Kier molecular flexibility index (Phi) is 5.07. The second-order valence-electron chi connectivity index (χ2n) is 5.26. The zero-order chi connectivity index (χ0) is 14.6. The van der Waals surface area contributed by atoms with Gasteiger partial charge >= 0.3 is 0 Å². The third kappa shape index (κ3) is 3.34. The number of morpholine rings is 1. The normalized spacial score (nSPS) is 16.9. The predicted octanol–water partition coefficient (Wildman–Crippen LogP) is 2.64. The van der Waals surface area contributed by atoms with Crippen molar-refractivity contribution in [2.24, 2.45) is 0 Å². The first-order valence-corrected chi connectivity index (χ1v) is 7.89. The SMILES string of the molecule is CSOc1ccc(C(=O)C(C)(C)N2CCOCC2)cc1. The maximum Gasteiger partial charge on any atom is 0.182 e. The third-order valence-corrected chi connectivity index (χ3v) is 4.01. The summed E-state index contributed by atoms with van der Waals surface area (Å²) in [4.78, 5) is 14.9. The van der Waals surface area contributed by atoms with E-state index < -0.39 is 5.54 Å². The van der Waals surface area contributed by atoms with E-state index in [1.807, 2.05) is 44.4 Å². The highest BCUT2D eigenvalue weighted by molar-refractivity contribution is 7.94. The average Bonchev–Trinajstić information content (AvgIpc) is 2.48. The Morgan fingerprint density at radius 2 is 1.85 bits per heavy atom. The standard InChI is InChI=1S/C15H21NO3S/c1-15(2,16-8-10-18-11-9-16)14(17)12-4-6-13(7-5-12)19-20-3/h4-7H,8-11H2,1-3H3. The summed E-state index contributed by atoms with van der Waals surface area (Å²) in [5.41, 5.74) is 0.209. The number of nitrogens with zero attached hydrogens (tertiary/aromatic N) is 1. The van der Waals surface area contributed by atoms with Crippen molar-refractivity contribution < 1.29 is 13.7 Å². The van der Waals surface area contributed by atoms with Gasteiger partial charge in [0.1, 0.15) is 5.75 Å². The van der Waals surface area contributed by atoms with Crippen LogP contribution in [0.15, 0.2) is 24.3 Å². The molecule has 0 spiro atoms. The summed E-state index contributed by atoms with van der Waals surface area (Å²) < 4.78 is 10.7. The maximum atomic E-state index is 12.7. The zero-order valence-corrected chi connectivity index (χ0v) is 13.0. The van der Waals surface area contributed by atoms with Crippen LogP contribution in [0, 0.1) is 0 Å². The lowest BCUT2D eigenvalue weighted by atomic mass is 9.91. The van der Waals surface area contributed by atoms with Gasteiger partial charge in [0.15, 0.2) is 5.78 Å². The van der Waals surface area contributed by atoms with Crippen LogP contribution in [0.4, 0.5) is 0 Å². The topological polar surface area (TPSA) is 38.8 Å². The monoisotopic (exact) mass is 295 g/mol. The molecule has 5 heteroatoms. The minimum absolute atomic E-state index is 0.134. The van der Waals surface area contributed by atoms with Crippen molar-refractivity contribution >= 4 is 17.8 Å². The molecule has 0 N–H and O–H groups in total. The van der Waals surface area contributed by atoms with Crippen LogP contribution in [0.2, 0.25) is 0 Å². The smallest absolute Gasteiger partial charge is 0.182 e. The summed E-state index contributed by atoms with van der Waals surface area (Å²) in [5.74, 6) is 0.897. The van der Waals surface area contributed by atoms with Crippen molar-refractivity contribution in [1.29, 1.82) is 0 Å². The van der Waals surface area contributed by atoms with Crippen LogP contribution in [0.25, 0.3) is 0 Å². The summed E-state index contributed by atoms with van der Waals surface area (Å²) >= 11 is 1.29. The molecule has 1 saturated heterocycles. The first-order chi connectivity index (χ1) is 9.55. The number of carbonyl (C=O) groups is 1. The molecule has 4 nitrogen and oxygen atoms in total. The van der Waals surface area contributed by atoms with E-state index >= 15 is 0 Å². The largest absolute Gasteiger partial charge is 0.426 e. The van der Waals surface area contributed by atoms with E-state index in [2.05, 4.69) is 4.90 Å². The first kappa shape index (κ1) is 15.4. The van der Waals surface area contributed by atoms with Crippen molar-refractivity contribution in [3.8, 4) is 5.75 Å². The van der Waals surface area contributed by atoms with Gasteiger partial charge in [-0.2, -0.15) is 0 Å². The molecule has 1 aromatic carbocycles. The second kappa shape index (κ2) is 6.61. The van der Waals surface area contributed by atoms with Crippen LogP contribution >= 0.6 is 12.0 Å². The lowest BCUT2D eigenvalue weighted by Gasteiger charge is -2.39. The van der Waals surface area contributed by atoms with E-state index in [9.17, 15) is 4.79 Å². The number of hydrogen-bond donors (Lipinski definition) is 0. The van der Waals surface area contributed by atoms with Gasteiger partial charge in [-0.3, -0.25) is 9.69 Å². The number of ether oxygens (including phenoxy) is 1. The fourth-order valence-corrected chi connectivity index (χ4v) is 2.68. The Morgan fingerprint density at radius 1 is 1.25 bits per heavy atom. The Morgan fingerprint density at radius 3 is 2.40 bits per heavy atom. The van der Waals surface area contributed by atoms with E-state index in [1.165, 1.54) is 12.0 Å². The fourth-order valence-electron chi connectivity index (χ4n) is 2.38. The second-order valence-corrected chi connectivity index (χ2v) is 5.76. The Bertz CT molecular complexity index is 453. The number of Topliss-reactive ketones (excluding diaryl/α,β-unsaturated/α-hetero) is 1. The van der Waals surface area contributed by atoms with Gasteiger partial charge in [-0.15, -0.1) is 0 Å². The molecule has 0 aromatic heterocycles. The number of ketones is 1. The molecule has 0 unspecified atom stereocenters. The van der Waals surface area contributed by atoms with Gasteiger partial charge in [0.25, 0.3) is 0 Å². The molecule has 0 bridgehead atoms. The van der Waals surface area contributed by atoms with E-state index in [-0.39, 0.29) is 5.78 Å². The zero-order valence-electron chi connectivity index (χ0n) is 12.2. The quantitative estimate of drug-likeness (QED) is 0.617. The van der Waals surface area contributed by atoms with Gasteiger partial charge in [0.05, 0.1) is 30.8 Å². The molecule has 2 rings (SSSR count). The molecule has 1 aliphatic heterocycles. The Labute approximate surface area is 124 Å². The summed E-state index contributed by atoms with van der Waals surface area (Å²) in [7, 11) is 0. The maximum absolute atomic E-state index is 12.7. The van der Waals surface area contributed by atoms with Gasteiger partial charge < -0.3 is 8.92 Å². The van der Waals surface area contributed by atoms with E-state index in [4.69, 9.17) is 8.92 Å². The van der Waals surface area contributed by atoms with Gasteiger partial charge in [0, 0.05) is 24.9 Å². The number of rotatable bonds is 5. The molecule has 20 heavy (non-hydrogen) atoms. The summed E-state index contributed by atoms with van der Waals surface area (Å²) in [5, 5.41) is 0. The molecule has 0 atom stereocenters. The summed E-state index contributed by atoms with van der Waals surface area (Å²) in [6.45, 7) is 6.94. The van der Waals surface area contributed by atoms with Crippen LogP contribution in [-0.4, -0.2) is 48.8 Å². The van der Waals surface area contributed by atoms with Crippen LogP contribution in [0.5, 0.6) is 5.75 Å². The highest BCUT2D eigenvalue weighted by Gasteiger charge is 2.35. The first-order valence-electron chi connectivity index (χ1n) is 6.74. The number of benzene rings is 1. The van der Waals surface area contributed by atoms with Crippen LogP contribution in [0.1, 0.15) is 24.2 Å². The van der Waals surface area contributed by atoms with Crippen molar-refractivity contribution in [3.63, 3.8) is 0 Å². The van der Waals surface area contributed by atoms with Gasteiger partial charge in [-0.25, -0.2) is 0 Å². The molecule has 1 heterocycles. The number of carbonyl (C=O) groups excluding carboxylic acids is 1. The lowest BCUT2D eigenvalue weighted by Crippen LogP contribution is -2.54. The van der Waals surface area contributed by atoms with Crippen molar-refractivity contribution in [3.05, 3.63) is 29.8 Å². The Hall–Kier alpha value is -1.04. The fraction of sp³-hybridized carbons (Fsp3) is 0.533. The highest BCUT2D eigenvalue weighted by Crippen LogP contribution is 2.24. The van der Waals surface area contributed by atoms with E-state index in [0.29, 0.717) is 13.2 Å². The minimum Gasteiger partial charge on any atom is -0.426 e. The van der Waals surface area contributed by atoms with Gasteiger partial charge in [-0.1, -0.05) is 0 Å². The summed E-state index contributed by atoms with van der Waals surface area (Å²) in [6.07, 6.45) is 1.86. The van der Waals surface area contributed by atoms with Gasteiger partial charge in [0.2, 0.25) is 0 Å². The van der Waals surface area contributed by atoms with E-state index in [1.54, 1.807) is 0 Å². The Balaban J connectivity index is 2.12. The third-order valence-electron chi connectivity index (χ3n) is 3.65. The lowest BCUT2D eigenvalue weighted by molar-refractivity contribution is -0.00429. The molecule has 1 fully saturated rings. The highest BCUT2D eigenvalue weighted by atomic mass is 32.2. The van der Waals surface area contributed by atoms with Crippen LogP contribution in [0.3, 0.4) is 0 Å². The molecular formula is C15H21NO3S. The predicted molar refractivity (Wildman–Crippen MR) is 81.4 cm³/mol.